The molecule has 1 aromatic heterocycles. The van der Waals surface area contributed by atoms with Crippen molar-refractivity contribution in [1.82, 2.24) is 10.3 Å². The lowest BCUT2D eigenvalue weighted by molar-refractivity contribution is 0.625. The van der Waals surface area contributed by atoms with Crippen molar-refractivity contribution >= 4 is 10.9 Å². The largest absolute Gasteiger partial charge is 0.358 e. The van der Waals surface area contributed by atoms with E-state index in [1.807, 2.05) is 0 Å². The average molecular weight is 242 g/mol. The van der Waals surface area contributed by atoms with E-state index >= 15 is 0 Å². The van der Waals surface area contributed by atoms with E-state index in [0.29, 0.717) is 5.41 Å². The Hall–Kier alpha value is -1.28. The summed E-state index contributed by atoms with van der Waals surface area (Å²) in [4.78, 5) is 3.61. The summed E-state index contributed by atoms with van der Waals surface area (Å²) in [6.45, 7) is 7.72. The maximum atomic E-state index is 3.61. The second-order valence-corrected chi connectivity index (χ2v) is 5.87. The Morgan fingerprint density at radius 2 is 1.94 bits per heavy atom. The van der Waals surface area contributed by atoms with Gasteiger partial charge in [0, 0.05) is 28.6 Å². The molecule has 2 heteroatoms. The molecule has 0 bridgehead atoms. The van der Waals surface area contributed by atoms with Gasteiger partial charge in [-0.05, 0) is 57.4 Å². The Morgan fingerprint density at radius 1 is 1.22 bits per heavy atom. The van der Waals surface area contributed by atoms with E-state index in [4.69, 9.17) is 0 Å². The van der Waals surface area contributed by atoms with Gasteiger partial charge in [0.05, 0.1) is 0 Å². The van der Waals surface area contributed by atoms with Gasteiger partial charge in [0.2, 0.25) is 0 Å². The molecule has 0 radical (unpaired) electrons. The van der Waals surface area contributed by atoms with Crippen LogP contribution in [0.4, 0.5) is 0 Å². The number of aromatic nitrogens is 1. The second-order valence-electron chi connectivity index (χ2n) is 5.87. The van der Waals surface area contributed by atoms with Crippen molar-refractivity contribution in [2.24, 2.45) is 0 Å². The molecule has 96 valence electrons. The highest BCUT2D eigenvalue weighted by Crippen LogP contribution is 2.51. The Morgan fingerprint density at radius 3 is 2.56 bits per heavy atom. The molecule has 1 heterocycles. The molecule has 1 fully saturated rings. The molecule has 0 unspecified atom stereocenters. The highest BCUT2D eigenvalue weighted by Gasteiger charge is 2.46. The first-order valence-electron chi connectivity index (χ1n) is 6.82. The molecule has 0 atom stereocenters. The van der Waals surface area contributed by atoms with Crippen LogP contribution in [0.25, 0.3) is 10.9 Å². The third-order valence-electron chi connectivity index (χ3n) is 4.59. The molecular formula is C16H22N2. The van der Waals surface area contributed by atoms with Crippen LogP contribution in [-0.4, -0.2) is 18.6 Å². The fourth-order valence-electron chi connectivity index (χ4n) is 3.33. The van der Waals surface area contributed by atoms with Crippen molar-refractivity contribution in [3.05, 3.63) is 34.5 Å². The minimum absolute atomic E-state index is 0.388. The van der Waals surface area contributed by atoms with E-state index in [-0.39, 0.29) is 0 Å². The van der Waals surface area contributed by atoms with Gasteiger partial charge < -0.3 is 10.3 Å². The average Bonchev–Trinajstić information content (AvgIpc) is 3.01. The zero-order chi connectivity index (χ0) is 12.9. The van der Waals surface area contributed by atoms with Gasteiger partial charge in [-0.2, -0.15) is 0 Å². The number of aryl methyl sites for hydroxylation is 3. The lowest BCUT2D eigenvalue weighted by atomic mass is 9.92. The van der Waals surface area contributed by atoms with Crippen molar-refractivity contribution in [3.8, 4) is 0 Å². The maximum absolute atomic E-state index is 3.61. The number of H-pyrrole nitrogens is 1. The second kappa shape index (κ2) is 3.86. The Bertz CT molecular complexity index is 603. The summed E-state index contributed by atoms with van der Waals surface area (Å²) >= 11 is 0. The van der Waals surface area contributed by atoms with Crippen LogP contribution in [-0.2, 0) is 5.41 Å². The van der Waals surface area contributed by atoms with E-state index in [9.17, 15) is 0 Å². The molecule has 1 aliphatic carbocycles. The number of benzene rings is 1. The first-order chi connectivity index (χ1) is 8.59. The minimum atomic E-state index is 0.388. The van der Waals surface area contributed by atoms with Crippen LogP contribution >= 0.6 is 0 Å². The third-order valence-corrected chi connectivity index (χ3v) is 4.59. The summed E-state index contributed by atoms with van der Waals surface area (Å²) in [6.07, 6.45) is 2.63. The molecular weight excluding hydrogens is 220 g/mol. The summed E-state index contributed by atoms with van der Waals surface area (Å²) in [5.74, 6) is 0. The number of hydrogen-bond donors (Lipinski definition) is 2. The van der Waals surface area contributed by atoms with Crippen molar-refractivity contribution < 1.29 is 0 Å². The van der Waals surface area contributed by atoms with Crippen LogP contribution in [0.15, 0.2) is 12.1 Å². The summed E-state index contributed by atoms with van der Waals surface area (Å²) < 4.78 is 0. The van der Waals surface area contributed by atoms with Gasteiger partial charge in [0.15, 0.2) is 0 Å². The fourth-order valence-corrected chi connectivity index (χ4v) is 3.33. The lowest BCUT2D eigenvalue weighted by Gasteiger charge is -2.15. The molecule has 0 saturated heterocycles. The normalized spacial score (nSPS) is 17.3. The van der Waals surface area contributed by atoms with Crippen LogP contribution in [0.3, 0.4) is 0 Å². The molecule has 0 aliphatic heterocycles. The monoisotopic (exact) mass is 242 g/mol. The first-order valence-corrected chi connectivity index (χ1v) is 6.82. The van der Waals surface area contributed by atoms with Crippen LogP contribution in [0.1, 0.15) is 35.2 Å². The number of fused-ring (bicyclic) bond motifs is 1. The van der Waals surface area contributed by atoms with Gasteiger partial charge in [-0.25, -0.2) is 0 Å². The van der Waals surface area contributed by atoms with Gasteiger partial charge in [0.25, 0.3) is 0 Å². The van der Waals surface area contributed by atoms with Gasteiger partial charge >= 0.3 is 0 Å². The molecule has 2 N–H and O–H groups in total. The topological polar surface area (TPSA) is 27.8 Å². The highest BCUT2D eigenvalue weighted by atomic mass is 14.9. The minimum Gasteiger partial charge on any atom is -0.358 e. The van der Waals surface area contributed by atoms with Crippen LogP contribution in [0, 0.1) is 20.8 Å². The summed E-state index contributed by atoms with van der Waals surface area (Å²) in [5, 5.41) is 4.80. The van der Waals surface area contributed by atoms with E-state index in [2.05, 4.69) is 50.3 Å². The van der Waals surface area contributed by atoms with Gasteiger partial charge in [-0.1, -0.05) is 12.1 Å². The molecule has 18 heavy (non-hydrogen) atoms. The van der Waals surface area contributed by atoms with E-state index in [1.165, 1.54) is 40.6 Å². The zero-order valence-electron chi connectivity index (χ0n) is 11.8. The quantitative estimate of drug-likeness (QED) is 0.849. The predicted octanol–water partition coefficient (Wildman–Crippen LogP) is 3.34. The van der Waals surface area contributed by atoms with E-state index < -0.39 is 0 Å². The maximum Gasteiger partial charge on any atom is 0.0491 e. The SMILES string of the molecule is CNCC1(c2c(C)[nH]c3c(C)c(C)ccc23)CC1. The van der Waals surface area contributed by atoms with Gasteiger partial charge in [-0.3, -0.25) is 0 Å². The number of nitrogens with one attached hydrogen (secondary N) is 2. The summed E-state index contributed by atoms with van der Waals surface area (Å²) in [6, 6.07) is 4.55. The highest BCUT2D eigenvalue weighted by molar-refractivity contribution is 5.89. The zero-order valence-corrected chi connectivity index (χ0v) is 11.8. The molecule has 1 aliphatic rings. The Balaban J connectivity index is 2.24. The molecule has 2 nitrogen and oxygen atoms in total. The number of rotatable bonds is 3. The van der Waals surface area contributed by atoms with E-state index in [1.54, 1.807) is 5.56 Å². The molecule has 1 aromatic carbocycles. The van der Waals surface area contributed by atoms with Gasteiger partial charge in [0.1, 0.15) is 0 Å². The van der Waals surface area contributed by atoms with E-state index in [0.717, 1.165) is 6.54 Å². The summed E-state index contributed by atoms with van der Waals surface area (Å²) in [7, 11) is 2.06. The van der Waals surface area contributed by atoms with Crippen LogP contribution in [0.2, 0.25) is 0 Å². The predicted molar refractivity (Wildman–Crippen MR) is 77.3 cm³/mol. The molecule has 0 amide bonds. The van der Waals surface area contributed by atoms with Crippen molar-refractivity contribution in [3.63, 3.8) is 0 Å². The number of hydrogen-bond acceptors (Lipinski definition) is 1. The smallest absolute Gasteiger partial charge is 0.0491 e. The molecule has 2 aromatic rings. The molecule has 3 rings (SSSR count). The lowest BCUT2D eigenvalue weighted by Crippen LogP contribution is -2.24. The first kappa shape index (κ1) is 11.8. The van der Waals surface area contributed by atoms with Gasteiger partial charge in [-0.15, -0.1) is 0 Å². The molecule has 0 spiro atoms. The van der Waals surface area contributed by atoms with Crippen molar-refractivity contribution in [2.75, 3.05) is 13.6 Å². The number of likely N-dealkylation sites (N-methyl/N-ethyl adjacent to an activating group) is 1. The van der Waals surface area contributed by atoms with Crippen molar-refractivity contribution in [2.45, 2.75) is 39.0 Å². The van der Waals surface area contributed by atoms with Crippen LogP contribution < -0.4 is 5.32 Å². The fraction of sp³-hybridized carbons (Fsp3) is 0.500. The Kier molecular flexibility index (Phi) is 2.53. The molecule has 1 saturated carbocycles. The van der Waals surface area contributed by atoms with Crippen LogP contribution in [0.5, 0.6) is 0 Å². The van der Waals surface area contributed by atoms with Crippen molar-refractivity contribution in [1.29, 1.82) is 0 Å². The standard InChI is InChI=1S/C16H22N2/c1-10-5-6-13-14(16(7-8-16)9-17-4)12(3)18-15(13)11(10)2/h5-6,17-18H,7-9H2,1-4H3. The third kappa shape index (κ3) is 1.52. The summed E-state index contributed by atoms with van der Waals surface area (Å²) in [5.41, 5.74) is 7.39. The number of aromatic amines is 1. The Labute approximate surface area is 109 Å².